The van der Waals surface area contributed by atoms with Gasteiger partial charge in [0.05, 0.1) is 12.5 Å². The Morgan fingerprint density at radius 1 is 1.26 bits per heavy atom. The second-order valence-electron chi connectivity index (χ2n) is 4.74. The van der Waals surface area contributed by atoms with Crippen molar-refractivity contribution in [3.63, 3.8) is 0 Å². The highest BCUT2D eigenvalue weighted by Gasteiger charge is 2.45. The molecular weight excluding hydrogens is 254 g/mol. The van der Waals surface area contributed by atoms with E-state index < -0.39 is 23.0 Å². The summed E-state index contributed by atoms with van der Waals surface area (Å²) in [6.07, 6.45) is 0.792. The summed E-state index contributed by atoms with van der Waals surface area (Å²) >= 11 is 0. The topological polar surface area (TPSA) is 43.4 Å². The van der Waals surface area contributed by atoms with Crippen LogP contribution in [0.25, 0.3) is 0 Å². The summed E-state index contributed by atoms with van der Waals surface area (Å²) in [6.45, 7) is 0. The maximum absolute atomic E-state index is 13.9. The molecule has 0 aromatic heterocycles. The van der Waals surface area contributed by atoms with Crippen molar-refractivity contribution >= 4 is 11.8 Å². The minimum Gasteiger partial charge on any atom is -0.468 e. The fourth-order valence-corrected chi connectivity index (χ4v) is 2.61. The lowest BCUT2D eigenvalue weighted by atomic mass is 9.69. The maximum Gasteiger partial charge on any atom is 0.316 e. The number of methoxy groups -OCH3 is 1. The Morgan fingerprint density at radius 3 is 2.42 bits per heavy atom. The predicted molar refractivity (Wildman–Crippen MR) is 63.5 cm³/mol. The molecule has 5 heteroatoms. The van der Waals surface area contributed by atoms with Gasteiger partial charge in [-0.2, -0.15) is 0 Å². The van der Waals surface area contributed by atoms with E-state index >= 15 is 0 Å². The molecule has 1 fully saturated rings. The molecule has 0 radical (unpaired) electrons. The monoisotopic (exact) mass is 268 g/mol. The van der Waals surface area contributed by atoms with E-state index in [1.807, 2.05) is 0 Å². The van der Waals surface area contributed by atoms with Gasteiger partial charge in [-0.3, -0.25) is 9.59 Å². The largest absolute Gasteiger partial charge is 0.468 e. The summed E-state index contributed by atoms with van der Waals surface area (Å²) in [4.78, 5) is 23.4. The third kappa shape index (κ3) is 2.37. The lowest BCUT2D eigenvalue weighted by Crippen LogP contribution is -2.41. The Labute approximate surface area is 109 Å². The Balaban J connectivity index is 2.48. The SMILES string of the molecule is COC(=O)C1(c2ccc(F)cc2F)CCC(=O)CC1. The van der Waals surface area contributed by atoms with Gasteiger partial charge in [0.1, 0.15) is 17.4 Å². The van der Waals surface area contributed by atoms with Crippen LogP contribution in [0.1, 0.15) is 31.2 Å². The first kappa shape index (κ1) is 13.6. The van der Waals surface area contributed by atoms with Gasteiger partial charge in [-0.15, -0.1) is 0 Å². The first-order valence-electron chi connectivity index (χ1n) is 6.05. The number of hydrogen-bond acceptors (Lipinski definition) is 3. The molecule has 0 amide bonds. The molecule has 1 aliphatic rings. The molecule has 0 aliphatic heterocycles. The molecule has 0 bridgehead atoms. The number of benzene rings is 1. The van der Waals surface area contributed by atoms with Gasteiger partial charge in [-0.25, -0.2) is 8.78 Å². The Kier molecular flexibility index (Phi) is 3.64. The molecule has 1 aliphatic carbocycles. The molecule has 0 heterocycles. The second-order valence-corrected chi connectivity index (χ2v) is 4.74. The zero-order valence-electron chi connectivity index (χ0n) is 10.5. The zero-order valence-corrected chi connectivity index (χ0v) is 10.5. The minimum atomic E-state index is -1.18. The summed E-state index contributed by atoms with van der Waals surface area (Å²) in [5.74, 6) is -2.01. The van der Waals surface area contributed by atoms with Crippen LogP contribution in [-0.2, 0) is 19.7 Å². The number of Topliss-reactive ketones (excluding diaryl/α,β-unsaturated/α-hetero) is 1. The number of carbonyl (C=O) groups excluding carboxylic acids is 2. The molecular formula is C14H14F2O3. The highest BCUT2D eigenvalue weighted by molar-refractivity contribution is 5.88. The fraction of sp³-hybridized carbons (Fsp3) is 0.429. The van der Waals surface area contributed by atoms with Gasteiger partial charge in [0.15, 0.2) is 0 Å². The predicted octanol–water partition coefficient (Wildman–Crippen LogP) is 2.52. The summed E-state index contributed by atoms with van der Waals surface area (Å²) in [6, 6.07) is 3.12. The number of ketones is 1. The molecule has 1 saturated carbocycles. The highest BCUT2D eigenvalue weighted by Crippen LogP contribution is 2.40. The van der Waals surface area contributed by atoms with Gasteiger partial charge in [-0.1, -0.05) is 6.07 Å². The van der Waals surface area contributed by atoms with Gasteiger partial charge in [0, 0.05) is 24.5 Å². The van der Waals surface area contributed by atoms with Crippen molar-refractivity contribution in [2.24, 2.45) is 0 Å². The third-order valence-electron chi connectivity index (χ3n) is 3.68. The van der Waals surface area contributed by atoms with Gasteiger partial charge >= 0.3 is 5.97 Å². The Bertz CT molecular complexity index is 515. The number of ether oxygens (including phenoxy) is 1. The van der Waals surface area contributed by atoms with Crippen molar-refractivity contribution in [3.05, 3.63) is 35.4 Å². The number of rotatable bonds is 2. The molecule has 1 aromatic rings. The van der Waals surface area contributed by atoms with Crippen molar-refractivity contribution in [3.8, 4) is 0 Å². The molecule has 3 nitrogen and oxygen atoms in total. The van der Waals surface area contributed by atoms with Crippen LogP contribution in [0, 0.1) is 11.6 Å². The van der Waals surface area contributed by atoms with Crippen LogP contribution in [-0.4, -0.2) is 18.9 Å². The molecule has 102 valence electrons. The summed E-state index contributed by atoms with van der Waals surface area (Å²) in [5.41, 5.74) is -1.08. The van der Waals surface area contributed by atoms with E-state index in [0.29, 0.717) is 0 Å². The van der Waals surface area contributed by atoms with Gasteiger partial charge in [-0.05, 0) is 18.9 Å². The normalized spacial score (nSPS) is 18.2. The van der Waals surface area contributed by atoms with Crippen molar-refractivity contribution in [1.82, 2.24) is 0 Å². The average molecular weight is 268 g/mol. The summed E-state index contributed by atoms with van der Waals surface area (Å²) < 4.78 is 31.7. The van der Waals surface area contributed by atoms with E-state index in [1.165, 1.54) is 13.2 Å². The molecule has 0 saturated heterocycles. The number of halogens is 2. The average Bonchev–Trinajstić information content (AvgIpc) is 2.39. The van der Waals surface area contributed by atoms with Crippen LogP contribution >= 0.6 is 0 Å². The fourth-order valence-electron chi connectivity index (χ4n) is 2.61. The summed E-state index contributed by atoms with van der Waals surface area (Å²) in [5, 5.41) is 0. The molecule has 19 heavy (non-hydrogen) atoms. The molecule has 0 atom stereocenters. The number of hydrogen-bond donors (Lipinski definition) is 0. The van der Waals surface area contributed by atoms with Crippen molar-refractivity contribution < 1.29 is 23.1 Å². The molecule has 0 N–H and O–H groups in total. The lowest BCUT2D eigenvalue weighted by Gasteiger charge is -2.34. The summed E-state index contributed by atoms with van der Waals surface area (Å²) in [7, 11) is 1.22. The third-order valence-corrected chi connectivity index (χ3v) is 3.68. The quantitative estimate of drug-likeness (QED) is 0.774. The number of carbonyl (C=O) groups is 2. The van der Waals surface area contributed by atoms with Gasteiger partial charge in [0.25, 0.3) is 0 Å². The van der Waals surface area contributed by atoms with E-state index in [2.05, 4.69) is 0 Å². The van der Waals surface area contributed by atoms with E-state index in [4.69, 9.17) is 4.74 Å². The van der Waals surface area contributed by atoms with E-state index in [9.17, 15) is 18.4 Å². The van der Waals surface area contributed by atoms with Crippen LogP contribution in [0.5, 0.6) is 0 Å². The smallest absolute Gasteiger partial charge is 0.316 e. The van der Waals surface area contributed by atoms with Gasteiger partial charge in [0.2, 0.25) is 0 Å². The Morgan fingerprint density at radius 2 is 1.89 bits per heavy atom. The molecule has 0 spiro atoms. The van der Waals surface area contributed by atoms with E-state index in [0.717, 1.165) is 12.1 Å². The molecule has 0 unspecified atom stereocenters. The zero-order chi connectivity index (χ0) is 14.0. The van der Waals surface area contributed by atoms with Crippen molar-refractivity contribution in [2.45, 2.75) is 31.1 Å². The first-order chi connectivity index (χ1) is 8.99. The van der Waals surface area contributed by atoms with Crippen LogP contribution in [0.3, 0.4) is 0 Å². The number of esters is 1. The lowest BCUT2D eigenvalue weighted by molar-refractivity contribution is -0.149. The molecule has 1 aromatic carbocycles. The van der Waals surface area contributed by atoms with E-state index in [-0.39, 0.29) is 37.0 Å². The highest BCUT2D eigenvalue weighted by atomic mass is 19.1. The van der Waals surface area contributed by atoms with Gasteiger partial charge < -0.3 is 4.74 Å². The van der Waals surface area contributed by atoms with Crippen LogP contribution in [0.2, 0.25) is 0 Å². The minimum absolute atomic E-state index is 0.0436. The first-order valence-corrected chi connectivity index (χ1v) is 6.05. The van der Waals surface area contributed by atoms with Crippen LogP contribution in [0.4, 0.5) is 8.78 Å². The van der Waals surface area contributed by atoms with Crippen molar-refractivity contribution in [1.29, 1.82) is 0 Å². The standard InChI is InChI=1S/C14H14F2O3/c1-19-13(18)14(6-4-10(17)5-7-14)11-3-2-9(15)8-12(11)16/h2-3,8H,4-7H2,1H3. The second kappa shape index (κ2) is 5.07. The van der Waals surface area contributed by atoms with Crippen molar-refractivity contribution in [2.75, 3.05) is 7.11 Å². The molecule has 2 rings (SSSR count). The van der Waals surface area contributed by atoms with Crippen LogP contribution in [0.15, 0.2) is 18.2 Å². The van der Waals surface area contributed by atoms with E-state index in [1.54, 1.807) is 0 Å². The maximum atomic E-state index is 13.9. The Hall–Kier alpha value is -1.78. The van der Waals surface area contributed by atoms with Crippen LogP contribution < -0.4 is 0 Å².